The molecule has 4 nitrogen and oxygen atoms in total. The van der Waals surface area contributed by atoms with E-state index in [0.29, 0.717) is 11.7 Å². The first-order valence-electron chi connectivity index (χ1n) is 5.87. The zero-order valence-electron chi connectivity index (χ0n) is 11.2. The van der Waals surface area contributed by atoms with Crippen LogP contribution in [0.5, 0.6) is 5.88 Å². The van der Waals surface area contributed by atoms with Gasteiger partial charge in [0.1, 0.15) is 10.0 Å². The Labute approximate surface area is 131 Å². The van der Waals surface area contributed by atoms with E-state index in [-0.39, 0.29) is 26.7 Å². The van der Waals surface area contributed by atoms with Crippen molar-refractivity contribution in [3.8, 4) is 5.88 Å². The van der Waals surface area contributed by atoms with Crippen molar-refractivity contribution in [3.63, 3.8) is 0 Å². The second kappa shape index (κ2) is 7.33. The fourth-order valence-corrected chi connectivity index (χ4v) is 2.32. The normalized spacial score (nSPS) is 12.6. The van der Waals surface area contributed by atoms with Gasteiger partial charge < -0.3 is 10.5 Å². The third kappa shape index (κ3) is 4.40. The van der Waals surface area contributed by atoms with Crippen molar-refractivity contribution in [1.82, 2.24) is 4.98 Å². The highest BCUT2D eigenvalue weighted by Crippen LogP contribution is 2.35. The highest BCUT2D eigenvalue weighted by atomic mass is 35.5. The number of hydrogen-bond donors (Lipinski definition) is 1. The molecule has 0 spiro atoms. The molecule has 0 radical (unpaired) electrons. The number of pyridine rings is 1. The standard InChI is InChI=1S/C12H15Cl2FN2O2S/c1-5(2)4-20-12(18)6(3)19-11-8(14)9(16)7(13)10(15)17-11/h5-6H,4H2,1-3H3,(H2,16,17)/t6-/m1/s1. The Bertz CT molecular complexity index is 515. The smallest absolute Gasteiger partial charge is 0.238 e. The molecule has 1 aromatic heterocycles. The number of anilines is 1. The number of thioether (sulfide) groups is 1. The van der Waals surface area contributed by atoms with Crippen molar-refractivity contribution in [2.75, 3.05) is 11.5 Å². The molecule has 0 saturated heterocycles. The number of rotatable bonds is 5. The Balaban J connectivity index is 2.81. The number of nitrogen functional groups attached to an aromatic ring is 1. The van der Waals surface area contributed by atoms with Gasteiger partial charge >= 0.3 is 0 Å². The van der Waals surface area contributed by atoms with E-state index in [1.807, 2.05) is 13.8 Å². The Kier molecular flexibility index (Phi) is 6.36. The maximum Gasteiger partial charge on any atom is 0.238 e. The molecule has 2 N–H and O–H groups in total. The van der Waals surface area contributed by atoms with E-state index in [9.17, 15) is 9.18 Å². The first-order chi connectivity index (χ1) is 9.23. The minimum atomic E-state index is -0.988. The van der Waals surface area contributed by atoms with Crippen LogP contribution in [-0.4, -0.2) is 22.0 Å². The van der Waals surface area contributed by atoms with Crippen molar-refractivity contribution < 1.29 is 13.9 Å². The number of carbonyl (C=O) groups is 1. The van der Waals surface area contributed by atoms with Crippen LogP contribution >= 0.6 is 35.0 Å². The largest absolute Gasteiger partial charge is 0.464 e. The number of hydrogen-bond acceptors (Lipinski definition) is 5. The van der Waals surface area contributed by atoms with Gasteiger partial charge in [-0.3, -0.25) is 4.79 Å². The molecule has 0 unspecified atom stereocenters. The maximum atomic E-state index is 13.4. The van der Waals surface area contributed by atoms with Gasteiger partial charge in [-0.05, 0) is 12.8 Å². The summed E-state index contributed by atoms with van der Waals surface area (Å²) in [5, 5.41) is -0.661. The van der Waals surface area contributed by atoms with Crippen molar-refractivity contribution in [1.29, 1.82) is 0 Å². The summed E-state index contributed by atoms with van der Waals surface area (Å²) in [6.07, 6.45) is -0.816. The fraction of sp³-hybridized carbons (Fsp3) is 0.500. The molecule has 20 heavy (non-hydrogen) atoms. The van der Waals surface area contributed by atoms with Gasteiger partial charge in [-0.1, -0.05) is 48.8 Å². The first-order valence-corrected chi connectivity index (χ1v) is 7.61. The Morgan fingerprint density at radius 1 is 1.40 bits per heavy atom. The molecule has 1 atom stereocenters. The third-order valence-corrected chi connectivity index (χ3v) is 4.40. The summed E-state index contributed by atoms with van der Waals surface area (Å²) in [7, 11) is 0. The monoisotopic (exact) mass is 340 g/mol. The lowest BCUT2D eigenvalue weighted by Crippen LogP contribution is -2.23. The quantitative estimate of drug-likeness (QED) is 0.826. The van der Waals surface area contributed by atoms with E-state index in [1.54, 1.807) is 0 Å². The summed E-state index contributed by atoms with van der Waals surface area (Å²) >= 11 is 12.6. The van der Waals surface area contributed by atoms with Crippen LogP contribution in [0.15, 0.2) is 0 Å². The first kappa shape index (κ1) is 17.3. The van der Waals surface area contributed by atoms with Crippen LogP contribution in [0.1, 0.15) is 20.8 Å². The van der Waals surface area contributed by atoms with Gasteiger partial charge in [0.25, 0.3) is 0 Å². The van der Waals surface area contributed by atoms with Crippen molar-refractivity contribution in [3.05, 3.63) is 16.0 Å². The van der Waals surface area contributed by atoms with Crippen LogP contribution in [0.2, 0.25) is 10.0 Å². The van der Waals surface area contributed by atoms with E-state index in [0.717, 1.165) is 11.8 Å². The SMILES string of the molecule is CC(C)CSC(=O)[C@@H](C)Oc1nc(F)c(Cl)c(N)c1Cl. The second-order valence-corrected chi connectivity index (χ2v) is 6.31. The summed E-state index contributed by atoms with van der Waals surface area (Å²) in [5.41, 5.74) is 5.36. The third-order valence-electron chi connectivity index (χ3n) is 2.22. The van der Waals surface area contributed by atoms with Gasteiger partial charge in [0, 0.05) is 5.75 Å². The second-order valence-electron chi connectivity index (χ2n) is 4.53. The van der Waals surface area contributed by atoms with Gasteiger partial charge in [0.2, 0.25) is 16.9 Å². The maximum absolute atomic E-state index is 13.4. The lowest BCUT2D eigenvalue weighted by molar-refractivity contribution is -0.116. The number of halogens is 3. The van der Waals surface area contributed by atoms with Gasteiger partial charge in [-0.25, -0.2) is 0 Å². The predicted octanol–water partition coefficient (Wildman–Crippen LogP) is 3.79. The van der Waals surface area contributed by atoms with Crippen molar-refractivity contribution in [2.45, 2.75) is 26.9 Å². The van der Waals surface area contributed by atoms with Crippen molar-refractivity contribution in [2.24, 2.45) is 5.92 Å². The molecule has 0 amide bonds. The minimum absolute atomic E-state index is 0.107. The Morgan fingerprint density at radius 2 is 2.00 bits per heavy atom. The van der Waals surface area contributed by atoms with E-state index in [2.05, 4.69) is 4.98 Å². The van der Waals surface area contributed by atoms with E-state index in [4.69, 9.17) is 33.7 Å². The Morgan fingerprint density at radius 3 is 2.55 bits per heavy atom. The molecular weight excluding hydrogens is 326 g/mol. The fourth-order valence-electron chi connectivity index (χ4n) is 1.17. The summed E-state index contributed by atoms with van der Waals surface area (Å²) in [6, 6.07) is 0. The molecule has 8 heteroatoms. The topological polar surface area (TPSA) is 65.2 Å². The number of nitrogens with two attached hydrogens (primary N) is 1. The van der Waals surface area contributed by atoms with Gasteiger partial charge in [0.05, 0.1) is 5.69 Å². The van der Waals surface area contributed by atoms with Crippen LogP contribution in [-0.2, 0) is 4.79 Å². The van der Waals surface area contributed by atoms with Crippen LogP contribution in [0.25, 0.3) is 0 Å². The summed E-state index contributed by atoms with van der Waals surface area (Å²) < 4.78 is 18.6. The lowest BCUT2D eigenvalue weighted by Gasteiger charge is -2.15. The van der Waals surface area contributed by atoms with Gasteiger partial charge in [-0.2, -0.15) is 9.37 Å². The summed E-state index contributed by atoms with van der Waals surface area (Å²) in [4.78, 5) is 15.3. The van der Waals surface area contributed by atoms with Gasteiger partial charge in [0.15, 0.2) is 6.10 Å². The molecule has 0 aliphatic carbocycles. The average molecular weight is 341 g/mol. The molecule has 0 fully saturated rings. The minimum Gasteiger partial charge on any atom is -0.464 e. The summed E-state index contributed by atoms with van der Waals surface area (Å²) in [6.45, 7) is 5.54. The molecule has 0 saturated carbocycles. The molecule has 1 heterocycles. The number of aromatic nitrogens is 1. The number of ether oxygens (including phenoxy) is 1. The van der Waals surface area contributed by atoms with Crippen LogP contribution < -0.4 is 10.5 Å². The molecule has 0 aliphatic rings. The predicted molar refractivity (Wildman–Crippen MR) is 81.0 cm³/mol. The zero-order chi connectivity index (χ0) is 15.4. The van der Waals surface area contributed by atoms with E-state index in [1.165, 1.54) is 6.92 Å². The highest BCUT2D eigenvalue weighted by Gasteiger charge is 2.21. The number of carbonyl (C=O) groups excluding carboxylic acids is 1. The van der Waals surface area contributed by atoms with E-state index >= 15 is 0 Å². The Hall–Kier alpha value is -0.720. The van der Waals surface area contributed by atoms with Crippen LogP contribution in [0.4, 0.5) is 10.1 Å². The molecule has 1 rings (SSSR count). The lowest BCUT2D eigenvalue weighted by atomic mass is 10.3. The molecule has 1 aromatic rings. The average Bonchev–Trinajstić information content (AvgIpc) is 2.39. The van der Waals surface area contributed by atoms with Crippen LogP contribution in [0.3, 0.4) is 0 Å². The summed E-state index contributed by atoms with van der Waals surface area (Å²) in [5.74, 6) is -0.179. The molecule has 112 valence electrons. The molecular formula is C12H15Cl2FN2O2S. The van der Waals surface area contributed by atoms with Crippen LogP contribution in [0, 0.1) is 11.9 Å². The molecule has 0 bridgehead atoms. The number of nitrogens with zero attached hydrogens (tertiary/aromatic N) is 1. The highest BCUT2D eigenvalue weighted by molar-refractivity contribution is 8.13. The zero-order valence-corrected chi connectivity index (χ0v) is 13.6. The van der Waals surface area contributed by atoms with E-state index < -0.39 is 12.1 Å². The molecule has 0 aliphatic heterocycles. The molecule has 0 aromatic carbocycles. The van der Waals surface area contributed by atoms with Crippen molar-refractivity contribution >= 4 is 45.8 Å². The van der Waals surface area contributed by atoms with Gasteiger partial charge in [-0.15, -0.1) is 0 Å².